The molecule has 2 aromatic carbocycles. The van der Waals surface area contributed by atoms with Crippen LogP contribution in [-0.2, 0) is 0 Å². The van der Waals surface area contributed by atoms with Gasteiger partial charge in [0.15, 0.2) is 0 Å². The summed E-state index contributed by atoms with van der Waals surface area (Å²) in [6.45, 7) is -5.07. The third-order valence-electron chi connectivity index (χ3n) is 3.04. The van der Waals surface area contributed by atoms with Gasteiger partial charge < -0.3 is 22.8 Å². The average Bonchev–Trinajstić information content (AvgIpc) is 2.46. The van der Waals surface area contributed by atoms with E-state index in [0.717, 1.165) is 12.1 Å². The summed E-state index contributed by atoms with van der Waals surface area (Å²) < 4.78 is 43.1. The molecule has 0 saturated heterocycles. The Hall–Kier alpha value is -1.95. The van der Waals surface area contributed by atoms with Crippen LogP contribution in [0.5, 0.6) is 5.75 Å². The van der Waals surface area contributed by atoms with Crippen molar-refractivity contribution in [2.24, 2.45) is 0 Å². The lowest BCUT2D eigenvalue weighted by atomic mass is 9.79. The van der Waals surface area contributed by atoms with E-state index in [1.165, 1.54) is 19.2 Å². The van der Waals surface area contributed by atoms with Crippen LogP contribution in [0.1, 0.15) is 17.2 Å². The second-order valence-electron chi connectivity index (χ2n) is 4.42. The molecule has 1 N–H and O–H groups in total. The van der Waals surface area contributed by atoms with Gasteiger partial charge in [-0.1, -0.05) is 36.4 Å². The smallest absolute Gasteiger partial charge is 0.497 e. The first kappa shape index (κ1) is 14.5. The van der Waals surface area contributed by atoms with Crippen LogP contribution in [0.3, 0.4) is 0 Å². The van der Waals surface area contributed by atoms with Crippen molar-refractivity contribution in [2.75, 3.05) is 7.11 Å². The third-order valence-corrected chi connectivity index (χ3v) is 3.04. The summed E-state index contributed by atoms with van der Waals surface area (Å²) in [5.41, 5.74) is 0.0135. The molecule has 0 spiro atoms. The van der Waals surface area contributed by atoms with Gasteiger partial charge in [0.05, 0.1) is 7.11 Å². The summed E-state index contributed by atoms with van der Waals surface area (Å²) in [5, 5.41) is 10.1. The largest absolute Gasteiger partial charge is 0.509 e. The van der Waals surface area contributed by atoms with Crippen molar-refractivity contribution in [1.29, 1.82) is 0 Å². The first-order chi connectivity index (χ1) is 9.41. The van der Waals surface area contributed by atoms with Crippen LogP contribution in [-0.4, -0.2) is 19.2 Å². The number of methoxy groups -OCH3 is 1. The molecule has 6 heteroatoms. The van der Waals surface area contributed by atoms with Crippen LogP contribution in [0.25, 0.3) is 0 Å². The minimum absolute atomic E-state index is 0.215. The molecule has 0 aromatic heterocycles. The summed E-state index contributed by atoms with van der Waals surface area (Å²) in [6, 6.07) is 11.3. The van der Waals surface area contributed by atoms with E-state index in [-0.39, 0.29) is 5.56 Å². The number of aliphatic hydroxyl groups is 1. The first-order valence-electron chi connectivity index (χ1n) is 6.03. The summed E-state index contributed by atoms with van der Waals surface area (Å²) in [5.74, 6) is 0.619. The molecule has 20 heavy (non-hydrogen) atoms. The molecule has 0 aliphatic carbocycles. The molecule has 0 aliphatic heterocycles. The van der Waals surface area contributed by atoms with Crippen LogP contribution in [0, 0.1) is 0 Å². The fraction of sp³-hybridized carbons (Fsp3) is 0.143. The standard InChI is InChI=1S/C14H13BF3O2/c1-20-13-7-5-10(6-8-13)14(19)11-3-2-4-12(9-11)15(16,17)18/h2-9,14,19H,1H3/q-1. The molecule has 106 valence electrons. The molecule has 0 saturated carbocycles. The molecule has 1 atom stereocenters. The van der Waals surface area contributed by atoms with E-state index in [4.69, 9.17) is 4.74 Å². The van der Waals surface area contributed by atoms with Gasteiger partial charge in [-0.15, -0.1) is 5.46 Å². The average molecular weight is 281 g/mol. The SMILES string of the molecule is COc1ccc(C(O)c2cccc([B-](F)(F)F)c2)cc1. The number of rotatable bonds is 4. The van der Waals surface area contributed by atoms with E-state index in [9.17, 15) is 18.1 Å². The Bertz CT molecular complexity index is 582. The van der Waals surface area contributed by atoms with Crippen molar-refractivity contribution >= 4 is 12.4 Å². The topological polar surface area (TPSA) is 29.5 Å². The molecule has 0 bridgehead atoms. The van der Waals surface area contributed by atoms with Crippen LogP contribution >= 0.6 is 0 Å². The second-order valence-corrected chi connectivity index (χ2v) is 4.42. The lowest BCUT2D eigenvalue weighted by Gasteiger charge is -2.18. The molecule has 1 unspecified atom stereocenters. The van der Waals surface area contributed by atoms with Gasteiger partial charge in [-0.25, -0.2) is 0 Å². The number of halogens is 3. The zero-order valence-corrected chi connectivity index (χ0v) is 10.8. The Balaban J connectivity index is 2.30. The highest BCUT2D eigenvalue weighted by Gasteiger charge is 2.26. The second kappa shape index (κ2) is 5.59. The molecule has 0 aliphatic rings. The molecule has 2 rings (SSSR count). The highest BCUT2D eigenvalue weighted by molar-refractivity contribution is 6.73. The molecule has 2 nitrogen and oxygen atoms in total. The van der Waals surface area contributed by atoms with Gasteiger partial charge in [0.2, 0.25) is 0 Å². The van der Waals surface area contributed by atoms with E-state index in [1.807, 2.05) is 0 Å². The van der Waals surface area contributed by atoms with E-state index in [1.54, 1.807) is 24.3 Å². The molecule has 0 fully saturated rings. The van der Waals surface area contributed by atoms with Gasteiger partial charge >= 0.3 is 6.98 Å². The summed E-state index contributed by atoms with van der Waals surface area (Å²) in [4.78, 5) is 0. The number of ether oxygens (including phenoxy) is 1. The van der Waals surface area contributed by atoms with Gasteiger partial charge in [0, 0.05) is 0 Å². The lowest BCUT2D eigenvalue weighted by Crippen LogP contribution is -2.34. The maximum Gasteiger partial charge on any atom is 0.509 e. The highest BCUT2D eigenvalue weighted by atomic mass is 19.4. The van der Waals surface area contributed by atoms with Crippen molar-refractivity contribution in [3.05, 3.63) is 59.7 Å². The Kier molecular flexibility index (Phi) is 4.04. The Morgan fingerprint density at radius 1 is 1.00 bits per heavy atom. The van der Waals surface area contributed by atoms with Crippen LogP contribution in [0.2, 0.25) is 0 Å². The fourth-order valence-corrected chi connectivity index (χ4v) is 1.91. The minimum Gasteiger partial charge on any atom is -0.497 e. The molecular weight excluding hydrogens is 268 g/mol. The summed E-state index contributed by atoms with van der Waals surface area (Å²) in [7, 11) is 1.51. The Labute approximate surface area is 114 Å². The number of benzene rings is 2. The Morgan fingerprint density at radius 2 is 1.65 bits per heavy atom. The predicted molar refractivity (Wildman–Crippen MR) is 72.2 cm³/mol. The van der Waals surface area contributed by atoms with E-state index in [0.29, 0.717) is 11.3 Å². The lowest BCUT2D eigenvalue weighted by molar-refractivity contribution is 0.220. The molecule has 0 heterocycles. The quantitative estimate of drug-likeness (QED) is 0.873. The van der Waals surface area contributed by atoms with Crippen molar-refractivity contribution in [3.8, 4) is 5.75 Å². The molecular formula is C14H13BF3O2-. The van der Waals surface area contributed by atoms with Gasteiger partial charge in [-0.3, -0.25) is 0 Å². The predicted octanol–water partition coefficient (Wildman–Crippen LogP) is 2.83. The number of aliphatic hydroxyl groups excluding tert-OH is 1. The fourth-order valence-electron chi connectivity index (χ4n) is 1.91. The van der Waals surface area contributed by atoms with Crippen LogP contribution in [0.4, 0.5) is 12.9 Å². The third kappa shape index (κ3) is 3.14. The molecule has 0 amide bonds. The number of hydrogen-bond donors (Lipinski definition) is 1. The maximum absolute atomic E-state index is 12.7. The first-order valence-corrected chi connectivity index (χ1v) is 6.03. The summed E-state index contributed by atoms with van der Waals surface area (Å²) >= 11 is 0. The number of hydrogen-bond acceptors (Lipinski definition) is 2. The van der Waals surface area contributed by atoms with Crippen LogP contribution < -0.4 is 10.2 Å². The van der Waals surface area contributed by atoms with E-state index < -0.39 is 18.5 Å². The monoisotopic (exact) mass is 281 g/mol. The van der Waals surface area contributed by atoms with Crippen molar-refractivity contribution in [2.45, 2.75) is 6.10 Å². The zero-order valence-electron chi connectivity index (χ0n) is 10.8. The van der Waals surface area contributed by atoms with Crippen molar-refractivity contribution in [1.82, 2.24) is 0 Å². The van der Waals surface area contributed by atoms with E-state index in [2.05, 4.69) is 0 Å². The highest BCUT2D eigenvalue weighted by Crippen LogP contribution is 2.24. The van der Waals surface area contributed by atoms with Crippen LogP contribution in [0.15, 0.2) is 48.5 Å². The molecule has 2 aromatic rings. The molecule has 0 radical (unpaired) electrons. The Morgan fingerprint density at radius 3 is 2.20 bits per heavy atom. The normalized spacial score (nSPS) is 13.1. The van der Waals surface area contributed by atoms with Gasteiger partial charge in [0.25, 0.3) is 0 Å². The summed E-state index contributed by atoms with van der Waals surface area (Å²) in [6.07, 6.45) is -1.10. The maximum atomic E-state index is 12.7. The minimum atomic E-state index is -5.07. The van der Waals surface area contributed by atoms with Gasteiger partial charge in [-0.2, -0.15) is 0 Å². The van der Waals surface area contributed by atoms with Crippen molar-refractivity contribution < 1.29 is 22.8 Å². The van der Waals surface area contributed by atoms with Crippen molar-refractivity contribution in [3.63, 3.8) is 0 Å². The van der Waals surface area contributed by atoms with E-state index >= 15 is 0 Å². The zero-order chi connectivity index (χ0) is 14.8. The van der Waals surface area contributed by atoms with Gasteiger partial charge in [-0.05, 0) is 23.3 Å². The van der Waals surface area contributed by atoms with Gasteiger partial charge in [0.1, 0.15) is 11.9 Å².